The molecule has 0 atom stereocenters. The minimum absolute atomic E-state index is 0. The first-order valence-electron chi connectivity index (χ1n) is 7.88. The van der Waals surface area contributed by atoms with Gasteiger partial charge >= 0.3 is 0 Å². The molecule has 0 aliphatic rings. The van der Waals surface area contributed by atoms with Crippen LogP contribution < -0.4 is 11.1 Å². The molecule has 2 rings (SSSR count). The van der Waals surface area contributed by atoms with E-state index >= 15 is 0 Å². The number of nitrogens with one attached hydrogen (secondary N) is 1. The van der Waals surface area contributed by atoms with Crippen molar-refractivity contribution in [3.8, 4) is 0 Å². The van der Waals surface area contributed by atoms with Crippen LogP contribution in [0.5, 0.6) is 0 Å². The molecule has 0 unspecified atom stereocenters. The Labute approximate surface area is 155 Å². The molecular formula is C18H23ClN2O3S. The van der Waals surface area contributed by atoms with E-state index < -0.39 is 9.84 Å². The molecular weight excluding hydrogens is 360 g/mol. The molecule has 2 aromatic rings. The van der Waals surface area contributed by atoms with Gasteiger partial charge in [-0.1, -0.05) is 36.4 Å². The van der Waals surface area contributed by atoms with Gasteiger partial charge in [0.05, 0.1) is 10.6 Å². The highest BCUT2D eigenvalue weighted by molar-refractivity contribution is 7.90. The molecule has 1 amide bonds. The third-order valence-corrected chi connectivity index (χ3v) is 5.26. The van der Waals surface area contributed by atoms with Gasteiger partial charge in [-0.25, -0.2) is 8.42 Å². The first-order chi connectivity index (χ1) is 11.5. The van der Waals surface area contributed by atoms with Crippen LogP contribution in [0.2, 0.25) is 0 Å². The van der Waals surface area contributed by atoms with Crippen LogP contribution >= 0.6 is 12.4 Å². The van der Waals surface area contributed by atoms with Crippen LogP contribution in [-0.4, -0.2) is 27.4 Å². The summed E-state index contributed by atoms with van der Waals surface area (Å²) in [5, 5.41) is 2.77. The Morgan fingerprint density at radius 1 is 1.00 bits per heavy atom. The molecule has 2 aromatic carbocycles. The van der Waals surface area contributed by atoms with Gasteiger partial charge in [0.15, 0.2) is 9.84 Å². The third kappa shape index (κ3) is 6.49. The van der Waals surface area contributed by atoms with Crippen LogP contribution in [0.4, 0.5) is 0 Å². The van der Waals surface area contributed by atoms with E-state index in [2.05, 4.69) is 5.32 Å². The number of benzene rings is 2. The van der Waals surface area contributed by atoms with Gasteiger partial charge in [-0.05, 0) is 43.1 Å². The number of halogens is 1. The average molecular weight is 383 g/mol. The molecule has 25 heavy (non-hydrogen) atoms. The Hall–Kier alpha value is -1.89. The Bertz CT molecular complexity index is 780. The molecule has 0 aromatic heterocycles. The molecule has 7 heteroatoms. The first-order valence-corrected chi connectivity index (χ1v) is 9.53. The quantitative estimate of drug-likeness (QED) is 0.686. The van der Waals surface area contributed by atoms with Crippen molar-refractivity contribution in [3.63, 3.8) is 0 Å². The summed E-state index contributed by atoms with van der Waals surface area (Å²) >= 11 is 0. The molecule has 0 saturated heterocycles. The lowest BCUT2D eigenvalue weighted by Crippen LogP contribution is -2.25. The van der Waals surface area contributed by atoms with Crippen molar-refractivity contribution < 1.29 is 13.2 Å². The molecule has 0 fully saturated rings. The van der Waals surface area contributed by atoms with Crippen LogP contribution in [0.15, 0.2) is 59.5 Å². The minimum atomic E-state index is -3.49. The standard InChI is InChI=1S/C18H22N2O3S.ClH/c19-11-4-5-12-20-18(21)16-9-6-10-17(13-16)24(22,23)14-15-7-2-1-3-8-15;/h1-3,6-10,13H,4-5,11-12,14,19H2,(H,20,21);1H. The van der Waals surface area contributed by atoms with E-state index in [1.54, 1.807) is 36.4 Å². The Balaban J connectivity index is 0.00000312. The minimum Gasteiger partial charge on any atom is -0.352 e. The number of amides is 1. The number of hydrogen-bond donors (Lipinski definition) is 2. The molecule has 0 radical (unpaired) electrons. The number of carbonyl (C=O) groups excluding carboxylic acids is 1. The first kappa shape index (κ1) is 21.2. The molecule has 0 saturated carbocycles. The van der Waals surface area contributed by atoms with Gasteiger partial charge < -0.3 is 11.1 Å². The predicted octanol–water partition coefficient (Wildman–Crippen LogP) is 2.55. The Morgan fingerprint density at radius 2 is 1.72 bits per heavy atom. The Morgan fingerprint density at radius 3 is 2.40 bits per heavy atom. The van der Waals surface area contributed by atoms with Crippen LogP contribution in [0.3, 0.4) is 0 Å². The summed E-state index contributed by atoms with van der Waals surface area (Å²) < 4.78 is 25.1. The number of unbranched alkanes of at least 4 members (excludes halogenated alkanes) is 1. The maximum absolute atomic E-state index is 12.5. The normalized spacial score (nSPS) is 10.8. The monoisotopic (exact) mass is 382 g/mol. The fourth-order valence-corrected chi connectivity index (χ4v) is 3.67. The number of carbonyl (C=O) groups is 1. The van der Waals surface area contributed by atoms with Crippen LogP contribution in [-0.2, 0) is 15.6 Å². The molecule has 0 spiro atoms. The van der Waals surface area contributed by atoms with E-state index in [1.165, 1.54) is 12.1 Å². The van der Waals surface area contributed by atoms with E-state index in [9.17, 15) is 13.2 Å². The summed E-state index contributed by atoms with van der Waals surface area (Å²) in [6, 6.07) is 15.1. The fraction of sp³-hybridized carbons (Fsp3) is 0.278. The van der Waals surface area contributed by atoms with Crippen molar-refractivity contribution in [2.75, 3.05) is 13.1 Å². The lowest BCUT2D eigenvalue weighted by atomic mass is 10.2. The van der Waals surface area contributed by atoms with Crippen LogP contribution in [0.25, 0.3) is 0 Å². The van der Waals surface area contributed by atoms with E-state index in [0.717, 1.165) is 12.8 Å². The van der Waals surface area contributed by atoms with E-state index in [-0.39, 0.29) is 29.0 Å². The van der Waals surface area contributed by atoms with Crippen LogP contribution in [0.1, 0.15) is 28.8 Å². The van der Waals surface area contributed by atoms with Gasteiger partial charge in [0.2, 0.25) is 0 Å². The lowest BCUT2D eigenvalue weighted by molar-refractivity contribution is 0.0953. The zero-order chi connectivity index (χ0) is 17.4. The highest BCUT2D eigenvalue weighted by Gasteiger charge is 2.17. The van der Waals surface area contributed by atoms with Crippen LogP contribution in [0, 0.1) is 0 Å². The third-order valence-electron chi connectivity index (χ3n) is 3.57. The van der Waals surface area contributed by atoms with E-state index in [1.807, 2.05) is 6.07 Å². The number of hydrogen-bond acceptors (Lipinski definition) is 4. The summed E-state index contributed by atoms with van der Waals surface area (Å²) in [6.45, 7) is 1.11. The zero-order valence-electron chi connectivity index (χ0n) is 13.9. The van der Waals surface area contributed by atoms with Gasteiger partial charge in [-0.3, -0.25) is 4.79 Å². The largest absolute Gasteiger partial charge is 0.352 e. The van der Waals surface area contributed by atoms with Gasteiger partial charge in [-0.2, -0.15) is 0 Å². The van der Waals surface area contributed by atoms with Crippen molar-refractivity contribution in [3.05, 3.63) is 65.7 Å². The van der Waals surface area contributed by atoms with Crippen molar-refractivity contribution >= 4 is 28.2 Å². The van der Waals surface area contributed by atoms with Crippen molar-refractivity contribution in [1.29, 1.82) is 0 Å². The molecule has 0 bridgehead atoms. The lowest BCUT2D eigenvalue weighted by Gasteiger charge is -2.08. The molecule has 0 aliphatic carbocycles. The van der Waals surface area contributed by atoms with E-state index in [4.69, 9.17) is 5.73 Å². The number of rotatable bonds is 8. The molecule has 3 N–H and O–H groups in total. The van der Waals surface area contributed by atoms with Crippen molar-refractivity contribution in [2.45, 2.75) is 23.5 Å². The SMILES string of the molecule is Cl.NCCCCNC(=O)c1cccc(S(=O)(=O)Cc2ccccc2)c1. The van der Waals surface area contributed by atoms with E-state index in [0.29, 0.717) is 24.2 Å². The highest BCUT2D eigenvalue weighted by atomic mass is 35.5. The highest BCUT2D eigenvalue weighted by Crippen LogP contribution is 2.17. The number of nitrogens with two attached hydrogens (primary N) is 1. The van der Waals surface area contributed by atoms with Crippen molar-refractivity contribution in [2.24, 2.45) is 5.73 Å². The molecule has 136 valence electrons. The number of sulfone groups is 1. The van der Waals surface area contributed by atoms with Crippen molar-refractivity contribution in [1.82, 2.24) is 5.32 Å². The zero-order valence-corrected chi connectivity index (χ0v) is 15.5. The average Bonchev–Trinajstić information content (AvgIpc) is 2.59. The van der Waals surface area contributed by atoms with Gasteiger partial charge in [0.1, 0.15) is 0 Å². The second kappa shape index (κ2) is 10.2. The second-order valence-electron chi connectivity index (χ2n) is 5.52. The summed E-state index contributed by atoms with van der Waals surface area (Å²) in [5.41, 5.74) is 6.47. The van der Waals surface area contributed by atoms with Gasteiger partial charge in [-0.15, -0.1) is 12.4 Å². The predicted molar refractivity (Wildman–Crippen MR) is 102 cm³/mol. The summed E-state index contributed by atoms with van der Waals surface area (Å²) in [4.78, 5) is 12.3. The molecule has 5 nitrogen and oxygen atoms in total. The molecule has 0 heterocycles. The summed E-state index contributed by atoms with van der Waals surface area (Å²) in [5.74, 6) is -0.362. The topological polar surface area (TPSA) is 89.3 Å². The summed E-state index contributed by atoms with van der Waals surface area (Å²) in [7, 11) is -3.49. The maximum Gasteiger partial charge on any atom is 0.251 e. The second-order valence-corrected chi connectivity index (χ2v) is 7.51. The summed E-state index contributed by atoms with van der Waals surface area (Å²) in [6.07, 6.45) is 1.64. The smallest absolute Gasteiger partial charge is 0.251 e. The van der Waals surface area contributed by atoms with Gasteiger partial charge in [0.25, 0.3) is 5.91 Å². The van der Waals surface area contributed by atoms with Gasteiger partial charge in [0, 0.05) is 12.1 Å². The molecule has 0 aliphatic heterocycles. The Kier molecular flexibility index (Phi) is 8.61. The fourth-order valence-electron chi connectivity index (χ4n) is 2.28. The maximum atomic E-state index is 12.5.